The molecule has 0 aromatic carbocycles. The summed E-state index contributed by atoms with van der Waals surface area (Å²) < 4.78 is 11.2. The topological polar surface area (TPSA) is 62.4 Å². The van der Waals surface area contributed by atoms with Gasteiger partial charge in [-0.15, -0.1) is 0 Å². The van der Waals surface area contributed by atoms with Crippen molar-refractivity contribution in [2.24, 2.45) is 11.3 Å². The fourth-order valence-electron chi connectivity index (χ4n) is 4.20. The summed E-state index contributed by atoms with van der Waals surface area (Å²) in [7, 11) is 0. The highest BCUT2D eigenvalue weighted by Crippen LogP contribution is 2.57. The molecule has 0 spiro atoms. The maximum Gasteiger partial charge on any atom is 0.310 e. The number of ether oxygens (including phenoxy) is 2. The second-order valence-electron chi connectivity index (χ2n) is 6.09. The van der Waals surface area contributed by atoms with E-state index in [4.69, 9.17) is 9.47 Å². The third kappa shape index (κ3) is 1.40. The predicted octanol–water partition coefficient (Wildman–Crippen LogP) is 1.58. The van der Waals surface area contributed by atoms with Crippen molar-refractivity contribution in [3.8, 4) is 0 Å². The van der Waals surface area contributed by atoms with Crippen LogP contribution in [0.4, 0.5) is 0 Å². The SMILES string of the molecule is O=C(O)C1(C2CCCC3OC32)CCC2OC2C1. The summed E-state index contributed by atoms with van der Waals surface area (Å²) in [4.78, 5) is 11.8. The molecule has 4 nitrogen and oxygen atoms in total. The van der Waals surface area contributed by atoms with Gasteiger partial charge >= 0.3 is 5.97 Å². The number of carboxylic acids is 1. The molecule has 2 aliphatic carbocycles. The van der Waals surface area contributed by atoms with Gasteiger partial charge in [0.2, 0.25) is 0 Å². The molecule has 0 amide bonds. The summed E-state index contributed by atoms with van der Waals surface area (Å²) in [5.41, 5.74) is -0.558. The maximum atomic E-state index is 11.8. The number of carbonyl (C=O) groups is 1. The molecule has 2 saturated carbocycles. The van der Waals surface area contributed by atoms with Gasteiger partial charge in [0.15, 0.2) is 0 Å². The first-order valence-corrected chi connectivity index (χ1v) is 6.75. The summed E-state index contributed by atoms with van der Waals surface area (Å²) in [6, 6.07) is 0. The Kier molecular flexibility index (Phi) is 1.96. The van der Waals surface area contributed by atoms with Crippen LogP contribution in [0.15, 0.2) is 0 Å². The first-order valence-electron chi connectivity index (χ1n) is 6.75. The maximum absolute atomic E-state index is 11.8. The van der Waals surface area contributed by atoms with Crippen molar-refractivity contribution < 1.29 is 19.4 Å². The molecule has 2 saturated heterocycles. The van der Waals surface area contributed by atoms with Gasteiger partial charge in [-0.1, -0.05) is 6.42 Å². The molecule has 4 fully saturated rings. The number of epoxide rings is 2. The summed E-state index contributed by atoms with van der Waals surface area (Å²) >= 11 is 0. The molecule has 6 unspecified atom stereocenters. The average molecular weight is 238 g/mol. The molecule has 4 heteroatoms. The zero-order valence-corrected chi connectivity index (χ0v) is 9.80. The van der Waals surface area contributed by atoms with Crippen LogP contribution in [0.3, 0.4) is 0 Å². The minimum Gasteiger partial charge on any atom is -0.481 e. The predicted molar refractivity (Wildman–Crippen MR) is 58.6 cm³/mol. The number of hydrogen-bond acceptors (Lipinski definition) is 3. The molecule has 0 radical (unpaired) electrons. The minimum atomic E-state index is -0.618. The second kappa shape index (κ2) is 3.23. The average Bonchev–Trinajstić information content (AvgIpc) is 3.20. The number of aliphatic carboxylic acids is 1. The Labute approximate surface area is 100 Å². The van der Waals surface area contributed by atoms with Crippen LogP contribution >= 0.6 is 0 Å². The van der Waals surface area contributed by atoms with Crippen molar-refractivity contribution in [3.63, 3.8) is 0 Å². The Morgan fingerprint density at radius 2 is 2.00 bits per heavy atom. The van der Waals surface area contributed by atoms with Crippen molar-refractivity contribution in [2.75, 3.05) is 0 Å². The van der Waals surface area contributed by atoms with Gasteiger partial charge in [0.1, 0.15) is 0 Å². The molecular weight excluding hydrogens is 220 g/mol. The number of hydrogen-bond donors (Lipinski definition) is 1. The van der Waals surface area contributed by atoms with Gasteiger partial charge in [0.25, 0.3) is 0 Å². The Morgan fingerprint density at radius 3 is 2.76 bits per heavy atom. The van der Waals surface area contributed by atoms with Gasteiger partial charge in [-0.25, -0.2) is 0 Å². The Balaban J connectivity index is 1.63. The van der Waals surface area contributed by atoms with E-state index in [1.165, 1.54) is 0 Å². The molecule has 0 aromatic rings. The van der Waals surface area contributed by atoms with Crippen molar-refractivity contribution in [1.29, 1.82) is 0 Å². The van der Waals surface area contributed by atoms with Crippen LogP contribution in [-0.4, -0.2) is 35.5 Å². The normalized spacial score (nSPS) is 55.6. The highest BCUT2D eigenvalue weighted by atomic mass is 16.6. The smallest absolute Gasteiger partial charge is 0.310 e. The number of rotatable bonds is 2. The molecule has 17 heavy (non-hydrogen) atoms. The first-order chi connectivity index (χ1) is 8.21. The van der Waals surface area contributed by atoms with Crippen LogP contribution in [0.5, 0.6) is 0 Å². The van der Waals surface area contributed by atoms with E-state index in [1.807, 2.05) is 0 Å². The van der Waals surface area contributed by atoms with E-state index in [2.05, 4.69) is 0 Å². The molecule has 94 valence electrons. The van der Waals surface area contributed by atoms with E-state index < -0.39 is 11.4 Å². The lowest BCUT2D eigenvalue weighted by Gasteiger charge is -2.39. The lowest BCUT2D eigenvalue weighted by Crippen LogP contribution is -2.46. The highest BCUT2D eigenvalue weighted by molar-refractivity contribution is 5.75. The van der Waals surface area contributed by atoms with E-state index in [0.29, 0.717) is 18.6 Å². The van der Waals surface area contributed by atoms with E-state index in [0.717, 1.165) is 32.1 Å². The molecular formula is C13H18O4. The van der Waals surface area contributed by atoms with Crippen LogP contribution in [0.2, 0.25) is 0 Å². The zero-order chi connectivity index (χ0) is 11.6. The quantitative estimate of drug-likeness (QED) is 0.742. The van der Waals surface area contributed by atoms with Crippen LogP contribution in [0.1, 0.15) is 38.5 Å². The molecule has 4 rings (SSSR count). The Hall–Kier alpha value is -0.610. The fourth-order valence-corrected chi connectivity index (χ4v) is 4.20. The van der Waals surface area contributed by atoms with E-state index in [1.54, 1.807) is 0 Å². The van der Waals surface area contributed by atoms with Crippen molar-refractivity contribution >= 4 is 5.97 Å². The molecule has 0 bridgehead atoms. The van der Waals surface area contributed by atoms with Gasteiger partial charge in [0.05, 0.1) is 29.8 Å². The molecule has 6 atom stereocenters. The van der Waals surface area contributed by atoms with Gasteiger partial charge < -0.3 is 14.6 Å². The van der Waals surface area contributed by atoms with Crippen molar-refractivity contribution in [3.05, 3.63) is 0 Å². The van der Waals surface area contributed by atoms with Crippen LogP contribution in [0.25, 0.3) is 0 Å². The third-order valence-electron chi connectivity index (χ3n) is 5.29. The second-order valence-corrected chi connectivity index (χ2v) is 6.09. The number of fused-ring (bicyclic) bond motifs is 2. The van der Waals surface area contributed by atoms with Gasteiger partial charge in [-0.3, -0.25) is 4.79 Å². The van der Waals surface area contributed by atoms with E-state index in [9.17, 15) is 9.90 Å². The molecule has 2 heterocycles. The van der Waals surface area contributed by atoms with E-state index in [-0.39, 0.29) is 18.1 Å². The minimum absolute atomic E-state index is 0.221. The summed E-state index contributed by atoms with van der Waals surface area (Å²) in [6.07, 6.45) is 6.86. The lowest BCUT2D eigenvalue weighted by molar-refractivity contribution is -0.156. The molecule has 4 aliphatic rings. The highest BCUT2D eigenvalue weighted by Gasteiger charge is 2.63. The molecule has 1 N–H and O–H groups in total. The van der Waals surface area contributed by atoms with Crippen LogP contribution < -0.4 is 0 Å². The standard InChI is InChI=1S/C13H18O4/c14-12(15)13(5-4-8-10(6-13)16-8)7-2-1-3-9-11(7)17-9/h7-11H,1-6H2,(H,14,15). The Bertz CT molecular complexity index is 368. The molecule has 2 aliphatic heterocycles. The van der Waals surface area contributed by atoms with Crippen molar-refractivity contribution in [2.45, 2.75) is 62.9 Å². The van der Waals surface area contributed by atoms with Gasteiger partial charge in [-0.05, 0) is 32.1 Å². The van der Waals surface area contributed by atoms with Crippen LogP contribution in [0, 0.1) is 11.3 Å². The molecule has 0 aromatic heterocycles. The van der Waals surface area contributed by atoms with Gasteiger partial charge in [0, 0.05) is 5.92 Å². The zero-order valence-electron chi connectivity index (χ0n) is 9.80. The summed E-state index contributed by atoms with van der Waals surface area (Å²) in [6.45, 7) is 0. The largest absolute Gasteiger partial charge is 0.481 e. The Morgan fingerprint density at radius 1 is 1.12 bits per heavy atom. The first kappa shape index (κ1) is 10.3. The summed E-state index contributed by atoms with van der Waals surface area (Å²) in [5, 5.41) is 9.70. The van der Waals surface area contributed by atoms with E-state index >= 15 is 0 Å². The van der Waals surface area contributed by atoms with Crippen molar-refractivity contribution in [1.82, 2.24) is 0 Å². The summed E-state index contributed by atoms with van der Waals surface area (Å²) in [5.74, 6) is -0.392. The fraction of sp³-hybridized carbons (Fsp3) is 0.923. The monoisotopic (exact) mass is 238 g/mol. The number of carboxylic acid groups (broad SMARTS) is 1. The lowest BCUT2D eigenvalue weighted by atomic mass is 9.61. The van der Waals surface area contributed by atoms with Gasteiger partial charge in [-0.2, -0.15) is 0 Å². The van der Waals surface area contributed by atoms with Crippen LogP contribution in [-0.2, 0) is 14.3 Å². The third-order valence-corrected chi connectivity index (χ3v) is 5.29.